The van der Waals surface area contributed by atoms with E-state index in [2.05, 4.69) is 96.9 Å². The van der Waals surface area contributed by atoms with E-state index in [0.29, 0.717) is 29.7 Å². The molecule has 2 saturated heterocycles. The van der Waals surface area contributed by atoms with Crippen LogP contribution in [0.4, 0.5) is 5.69 Å². The van der Waals surface area contributed by atoms with Crippen LogP contribution in [0.25, 0.3) is 0 Å². The van der Waals surface area contributed by atoms with Crippen LogP contribution in [0.3, 0.4) is 0 Å². The SMILES string of the molecule is CC(C)Cc1ccc(N2CCC(C(C)C(N)=O)C(c3ccccc3)C2)cc1.NC1CCNCC1c1ccccc1. The monoisotopic (exact) mass is 540 g/mol. The minimum Gasteiger partial charge on any atom is -0.371 e. The number of nitrogens with zero attached hydrogens (tertiary/aromatic N) is 1. The highest BCUT2D eigenvalue weighted by Crippen LogP contribution is 2.38. The molecule has 0 radical (unpaired) electrons. The highest BCUT2D eigenvalue weighted by Gasteiger charge is 2.36. The van der Waals surface area contributed by atoms with Crippen molar-refractivity contribution in [2.45, 2.75) is 57.9 Å². The van der Waals surface area contributed by atoms with Gasteiger partial charge in [0.25, 0.3) is 0 Å². The molecular weight excluding hydrogens is 492 g/mol. The molecule has 2 aliphatic heterocycles. The molecule has 2 fully saturated rings. The Morgan fingerprint density at radius 2 is 1.48 bits per heavy atom. The molecule has 2 heterocycles. The Kier molecular flexibility index (Phi) is 10.8. The van der Waals surface area contributed by atoms with E-state index in [1.165, 1.54) is 22.4 Å². The van der Waals surface area contributed by atoms with Gasteiger partial charge in [0.15, 0.2) is 0 Å². The van der Waals surface area contributed by atoms with Gasteiger partial charge in [-0.3, -0.25) is 4.79 Å². The van der Waals surface area contributed by atoms with Crippen molar-refractivity contribution in [1.82, 2.24) is 5.32 Å². The zero-order valence-electron chi connectivity index (χ0n) is 24.5. The molecule has 0 spiro atoms. The molecule has 0 saturated carbocycles. The molecule has 5 unspecified atom stereocenters. The molecule has 1 amide bonds. The summed E-state index contributed by atoms with van der Waals surface area (Å²) in [6, 6.07) is 30.4. The van der Waals surface area contributed by atoms with Crippen molar-refractivity contribution in [2.24, 2.45) is 29.2 Å². The predicted octanol–water partition coefficient (Wildman–Crippen LogP) is 5.71. The van der Waals surface area contributed by atoms with Crippen molar-refractivity contribution in [3.8, 4) is 0 Å². The molecule has 5 nitrogen and oxygen atoms in total. The molecule has 40 heavy (non-hydrogen) atoms. The van der Waals surface area contributed by atoms with E-state index in [1.807, 2.05) is 19.1 Å². The van der Waals surface area contributed by atoms with Crippen LogP contribution in [-0.4, -0.2) is 38.1 Å². The molecule has 5 atom stereocenters. The first kappa shape index (κ1) is 29.8. The summed E-state index contributed by atoms with van der Waals surface area (Å²) in [5.41, 5.74) is 17.1. The Labute approximate surface area is 241 Å². The number of nitrogens with one attached hydrogen (secondary N) is 1. The lowest BCUT2D eigenvalue weighted by Gasteiger charge is -2.42. The quantitative estimate of drug-likeness (QED) is 0.359. The number of carbonyl (C=O) groups excluding carboxylic acids is 1. The molecule has 0 aliphatic carbocycles. The first-order valence-corrected chi connectivity index (χ1v) is 15.0. The number of rotatable bonds is 7. The summed E-state index contributed by atoms with van der Waals surface area (Å²) in [5, 5.41) is 3.38. The molecule has 2 aliphatic rings. The summed E-state index contributed by atoms with van der Waals surface area (Å²) in [6.07, 6.45) is 3.18. The van der Waals surface area contributed by atoms with Gasteiger partial charge < -0.3 is 21.7 Å². The van der Waals surface area contributed by atoms with Crippen LogP contribution in [0.15, 0.2) is 84.9 Å². The standard InChI is InChI=1S/C24H32N2O.C11H16N2/c1-17(2)15-19-9-11-21(12-10-19)26-14-13-22(18(3)24(25)27)23(16-26)20-7-5-4-6-8-20;12-11-6-7-13-8-10(11)9-4-2-1-3-5-9/h4-12,17-18,22-23H,13-16H2,1-3H3,(H2,25,27);1-5,10-11,13H,6-8,12H2. The summed E-state index contributed by atoms with van der Waals surface area (Å²) in [5.74, 6) is 1.48. The number of nitrogens with two attached hydrogens (primary N) is 2. The Hall–Kier alpha value is -3.15. The highest BCUT2D eigenvalue weighted by atomic mass is 16.1. The van der Waals surface area contributed by atoms with Gasteiger partial charge in [0, 0.05) is 49.1 Å². The number of primary amides is 1. The van der Waals surface area contributed by atoms with Gasteiger partial charge in [0.1, 0.15) is 0 Å². The summed E-state index contributed by atoms with van der Waals surface area (Å²) in [7, 11) is 0. The van der Waals surface area contributed by atoms with Crippen molar-refractivity contribution in [3.63, 3.8) is 0 Å². The van der Waals surface area contributed by atoms with Crippen LogP contribution in [0.2, 0.25) is 0 Å². The first-order chi connectivity index (χ1) is 19.3. The smallest absolute Gasteiger partial charge is 0.220 e. The van der Waals surface area contributed by atoms with E-state index in [9.17, 15) is 4.79 Å². The zero-order chi connectivity index (χ0) is 28.5. The number of piperidine rings is 2. The lowest BCUT2D eigenvalue weighted by atomic mass is 9.74. The molecule has 5 heteroatoms. The van der Waals surface area contributed by atoms with Crippen LogP contribution in [0.5, 0.6) is 0 Å². The minimum absolute atomic E-state index is 0.106. The molecule has 5 N–H and O–H groups in total. The summed E-state index contributed by atoms with van der Waals surface area (Å²) in [4.78, 5) is 14.3. The highest BCUT2D eigenvalue weighted by molar-refractivity contribution is 5.76. The van der Waals surface area contributed by atoms with Gasteiger partial charge in [-0.15, -0.1) is 0 Å². The van der Waals surface area contributed by atoms with E-state index >= 15 is 0 Å². The maximum Gasteiger partial charge on any atom is 0.220 e. The van der Waals surface area contributed by atoms with Crippen molar-refractivity contribution >= 4 is 11.6 Å². The van der Waals surface area contributed by atoms with Gasteiger partial charge >= 0.3 is 0 Å². The molecule has 214 valence electrons. The van der Waals surface area contributed by atoms with Gasteiger partial charge in [0.05, 0.1) is 0 Å². The van der Waals surface area contributed by atoms with Gasteiger partial charge in [-0.25, -0.2) is 0 Å². The van der Waals surface area contributed by atoms with E-state index < -0.39 is 0 Å². The Bertz CT molecular complexity index is 1170. The van der Waals surface area contributed by atoms with Crippen LogP contribution in [0.1, 0.15) is 62.1 Å². The van der Waals surface area contributed by atoms with Crippen LogP contribution < -0.4 is 21.7 Å². The van der Waals surface area contributed by atoms with Crippen molar-refractivity contribution in [2.75, 3.05) is 31.1 Å². The topological polar surface area (TPSA) is 84.4 Å². The molecular formula is C35H48N4O. The largest absolute Gasteiger partial charge is 0.371 e. The fourth-order valence-electron chi connectivity index (χ4n) is 6.33. The third-order valence-electron chi connectivity index (χ3n) is 8.69. The molecule has 5 rings (SSSR count). The van der Waals surface area contributed by atoms with Crippen molar-refractivity contribution in [3.05, 3.63) is 102 Å². The number of anilines is 1. The van der Waals surface area contributed by atoms with Crippen LogP contribution in [0, 0.1) is 17.8 Å². The fraction of sp³-hybridized carbons (Fsp3) is 0.457. The lowest BCUT2D eigenvalue weighted by molar-refractivity contribution is -0.123. The van der Waals surface area contributed by atoms with Gasteiger partial charge in [0.2, 0.25) is 5.91 Å². The second-order valence-corrected chi connectivity index (χ2v) is 12.0. The third-order valence-corrected chi connectivity index (χ3v) is 8.69. The predicted molar refractivity (Wildman–Crippen MR) is 167 cm³/mol. The van der Waals surface area contributed by atoms with Gasteiger partial charge in [-0.2, -0.15) is 0 Å². The lowest BCUT2D eigenvalue weighted by Crippen LogP contribution is -2.44. The summed E-state index contributed by atoms with van der Waals surface area (Å²) >= 11 is 0. The molecule has 0 bridgehead atoms. The molecule has 3 aromatic carbocycles. The Balaban J connectivity index is 0.000000236. The van der Waals surface area contributed by atoms with Crippen molar-refractivity contribution < 1.29 is 4.79 Å². The maximum atomic E-state index is 11.9. The Morgan fingerprint density at radius 3 is 2.02 bits per heavy atom. The number of benzene rings is 3. The number of hydrogen-bond acceptors (Lipinski definition) is 4. The first-order valence-electron chi connectivity index (χ1n) is 15.0. The number of carbonyl (C=O) groups is 1. The summed E-state index contributed by atoms with van der Waals surface area (Å²) in [6.45, 7) is 10.5. The van der Waals surface area contributed by atoms with E-state index in [1.54, 1.807) is 0 Å². The fourth-order valence-corrected chi connectivity index (χ4v) is 6.33. The van der Waals surface area contributed by atoms with E-state index in [0.717, 1.165) is 45.4 Å². The number of amides is 1. The average Bonchev–Trinajstić information content (AvgIpc) is 2.98. The second-order valence-electron chi connectivity index (χ2n) is 12.0. The summed E-state index contributed by atoms with van der Waals surface area (Å²) < 4.78 is 0. The van der Waals surface area contributed by atoms with E-state index in [-0.39, 0.29) is 11.8 Å². The third kappa shape index (κ3) is 7.96. The Morgan fingerprint density at radius 1 is 0.875 bits per heavy atom. The zero-order valence-corrected chi connectivity index (χ0v) is 24.5. The average molecular weight is 541 g/mol. The normalized spacial score (nSPS) is 23.7. The second kappa shape index (κ2) is 14.5. The molecule has 3 aromatic rings. The van der Waals surface area contributed by atoms with E-state index in [4.69, 9.17) is 11.5 Å². The number of hydrogen-bond donors (Lipinski definition) is 3. The minimum atomic E-state index is -0.188. The van der Waals surface area contributed by atoms with Gasteiger partial charge in [-0.1, -0.05) is 93.6 Å². The maximum absolute atomic E-state index is 11.9. The van der Waals surface area contributed by atoms with Crippen LogP contribution >= 0.6 is 0 Å². The van der Waals surface area contributed by atoms with Crippen molar-refractivity contribution in [1.29, 1.82) is 0 Å². The van der Waals surface area contributed by atoms with Gasteiger partial charge in [-0.05, 0) is 66.5 Å². The van der Waals surface area contributed by atoms with Crippen LogP contribution in [-0.2, 0) is 11.2 Å². The molecule has 0 aromatic heterocycles.